The molecule has 0 spiro atoms. The molecule has 5 nitrogen and oxygen atoms in total. The molecule has 1 aromatic carbocycles. The number of anilines is 2. The number of nitrogens with one attached hydrogen (secondary N) is 1. The molecule has 0 atom stereocenters. The second-order valence-corrected chi connectivity index (χ2v) is 3.79. The highest BCUT2D eigenvalue weighted by Crippen LogP contribution is 2.28. The van der Waals surface area contributed by atoms with Crippen LogP contribution in [0.5, 0.6) is 5.75 Å². The maximum absolute atomic E-state index is 8.94. The van der Waals surface area contributed by atoms with Crippen LogP contribution in [-0.2, 0) is 0 Å². The fourth-order valence-electron chi connectivity index (χ4n) is 1.39. The van der Waals surface area contributed by atoms with E-state index in [0.29, 0.717) is 27.8 Å². The van der Waals surface area contributed by atoms with Crippen LogP contribution in [0.2, 0.25) is 5.02 Å². The average molecular weight is 261 g/mol. The zero-order chi connectivity index (χ0) is 13.0. The van der Waals surface area contributed by atoms with Gasteiger partial charge in [-0.2, -0.15) is 10.4 Å². The third-order valence-corrected chi connectivity index (χ3v) is 2.57. The van der Waals surface area contributed by atoms with Gasteiger partial charge in [0.1, 0.15) is 11.8 Å². The van der Waals surface area contributed by atoms with Crippen LogP contribution in [0.15, 0.2) is 30.5 Å². The molecule has 1 N–H and O–H groups in total. The number of rotatable bonds is 3. The molecule has 90 valence electrons. The summed E-state index contributed by atoms with van der Waals surface area (Å²) < 4.78 is 5.11. The molecule has 1 aromatic heterocycles. The van der Waals surface area contributed by atoms with Crippen molar-refractivity contribution in [3.63, 3.8) is 0 Å². The van der Waals surface area contributed by atoms with Gasteiger partial charge in [0, 0.05) is 11.8 Å². The number of aromatic nitrogens is 2. The van der Waals surface area contributed by atoms with E-state index in [2.05, 4.69) is 15.5 Å². The van der Waals surface area contributed by atoms with Gasteiger partial charge in [-0.15, -0.1) is 5.10 Å². The minimum absolute atomic E-state index is 0.393. The summed E-state index contributed by atoms with van der Waals surface area (Å²) in [6.45, 7) is 0. The van der Waals surface area contributed by atoms with Crippen LogP contribution in [0, 0.1) is 11.3 Å². The van der Waals surface area contributed by atoms with E-state index < -0.39 is 0 Å². The van der Waals surface area contributed by atoms with Gasteiger partial charge in [-0.25, -0.2) is 0 Å². The molecular formula is C12H9ClN4O. The molecule has 0 aliphatic carbocycles. The van der Waals surface area contributed by atoms with Gasteiger partial charge in [0.15, 0.2) is 5.82 Å². The van der Waals surface area contributed by atoms with Crippen molar-refractivity contribution in [2.75, 3.05) is 12.4 Å². The van der Waals surface area contributed by atoms with Gasteiger partial charge in [-0.3, -0.25) is 0 Å². The maximum atomic E-state index is 8.94. The summed E-state index contributed by atoms with van der Waals surface area (Å²) in [5.41, 5.74) is 1.13. The molecule has 2 aromatic rings. The highest BCUT2D eigenvalue weighted by Gasteiger charge is 2.06. The van der Waals surface area contributed by atoms with Crippen LogP contribution in [-0.4, -0.2) is 17.3 Å². The number of benzene rings is 1. The van der Waals surface area contributed by atoms with Gasteiger partial charge in [-0.1, -0.05) is 11.6 Å². The predicted octanol–water partition coefficient (Wildman–Crippen LogP) is 2.75. The normalized spacial score (nSPS) is 9.61. The van der Waals surface area contributed by atoms with Crippen LogP contribution in [0.3, 0.4) is 0 Å². The van der Waals surface area contributed by atoms with E-state index in [9.17, 15) is 0 Å². The van der Waals surface area contributed by atoms with Crippen LogP contribution < -0.4 is 10.1 Å². The molecule has 18 heavy (non-hydrogen) atoms. The van der Waals surface area contributed by atoms with Gasteiger partial charge in [-0.05, 0) is 18.2 Å². The lowest BCUT2D eigenvalue weighted by Gasteiger charge is -2.08. The molecule has 0 saturated carbocycles. The lowest BCUT2D eigenvalue weighted by Crippen LogP contribution is -1.98. The second kappa shape index (κ2) is 5.34. The molecule has 0 saturated heterocycles. The van der Waals surface area contributed by atoms with Gasteiger partial charge >= 0.3 is 0 Å². The Balaban J connectivity index is 2.32. The summed E-state index contributed by atoms with van der Waals surface area (Å²) in [5.74, 6) is 0.938. The minimum atomic E-state index is 0.393. The lowest BCUT2D eigenvalue weighted by molar-refractivity contribution is 0.415. The topological polar surface area (TPSA) is 70.8 Å². The van der Waals surface area contributed by atoms with Crippen LogP contribution in [0.4, 0.5) is 11.5 Å². The van der Waals surface area contributed by atoms with Crippen molar-refractivity contribution in [3.05, 3.63) is 41.0 Å². The number of hydrogen-bond donors (Lipinski definition) is 1. The van der Waals surface area contributed by atoms with Crippen molar-refractivity contribution >= 4 is 23.1 Å². The van der Waals surface area contributed by atoms with E-state index in [1.54, 1.807) is 24.3 Å². The molecule has 0 bridgehead atoms. The van der Waals surface area contributed by atoms with Gasteiger partial charge < -0.3 is 10.1 Å². The van der Waals surface area contributed by atoms with Crippen molar-refractivity contribution in [2.24, 2.45) is 0 Å². The number of methoxy groups -OCH3 is 1. The third kappa shape index (κ3) is 2.50. The Hall–Kier alpha value is -2.32. The zero-order valence-electron chi connectivity index (χ0n) is 9.51. The molecule has 0 fully saturated rings. The van der Waals surface area contributed by atoms with Crippen LogP contribution in [0.1, 0.15) is 5.56 Å². The largest absolute Gasteiger partial charge is 0.495 e. The van der Waals surface area contributed by atoms with E-state index in [1.165, 1.54) is 13.3 Å². The molecule has 1 heterocycles. The summed E-state index contributed by atoms with van der Waals surface area (Å²) in [4.78, 5) is 0. The number of hydrogen-bond acceptors (Lipinski definition) is 5. The molecule has 2 rings (SSSR count). The molecular weight excluding hydrogens is 252 g/mol. The lowest BCUT2D eigenvalue weighted by atomic mass is 10.2. The molecule has 0 aliphatic heterocycles. The van der Waals surface area contributed by atoms with E-state index in [0.717, 1.165) is 0 Å². The van der Waals surface area contributed by atoms with Gasteiger partial charge in [0.25, 0.3) is 0 Å². The molecule has 0 aliphatic rings. The number of ether oxygens (including phenoxy) is 1. The van der Waals surface area contributed by atoms with Crippen LogP contribution >= 0.6 is 11.6 Å². The summed E-state index contributed by atoms with van der Waals surface area (Å²) in [7, 11) is 1.54. The first-order valence-corrected chi connectivity index (χ1v) is 5.44. The predicted molar refractivity (Wildman–Crippen MR) is 68.0 cm³/mol. The fourth-order valence-corrected chi connectivity index (χ4v) is 1.58. The quantitative estimate of drug-likeness (QED) is 0.919. The van der Waals surface area contributed by atoms with Crippen molar-refractivity contribution in [1.29, 1.82) is 5.26 Å². The summed E-state index contributed by atoms with van der Waals surface area (Å²) >= 11 is 5.92. The Bertz CT molecular complexity index is 609. The Morgan fingerprint density at radius 1 is 1.39 bits per heavy atom. The van der Waals surface area contributed by atoms with Crippen molar-refractivity contribution in [1.82, 2.24) is 10.2 Å². The molecule has 0 radical (unpaired) electrons. The van der Waals surface area contributed by atoms with Gasteiger partial charge in [0.2, 0.25) is 0 Å². The Kier molecular flexibility index (Phi) is 3.60. The minimum Gasteiger partial charge on any atom is -0.495 e. The van der Waals surface area contributed by atoms with Crippen molar-refractivity contribution < 1.29 is 4.74 Å². The summed E-state index contributed by atoms with van der Waals surface area (Å²) in [6, 6.07) is 8.80. The first-order chi connectivity index (χ1) is 8.74. The van der Waals surface area contributed by atoms with E-state index in [-0.39, 0.29) is 0 Å². The fraction of sp³-hybridized carbons (Fsp3) is 0.0833. The first-order valence-electron chi connectivity index (χ1n) is 5.07. The Morgan fingerprint density at radius 3 is 2.94 bits per heavy atom. The smallest absolute Gasteiger partial charge is 0.171 e. The second-order valence-electron chi connectivity index (χ2n) is 3.38. The molecule has 6 heteroatoms. The number of nitriles is 1. The summed E-state index contributed by atoms with van der Waals surface area (Å²) in [6.07, 6.45) is 1.46. The van der Waals surface area contributed by atoms with Gasteiger partial charge in [0.05, 0.1) is 23.9 Å². The monoisotopic (exact) mass is 260 g/mol. The third-order valence-electron chi connectivity index (χ3n) is 2.26. The van der Waals surface area contributed by atoms with Crippen LogP contribution in [0.25, 0.3) is 0 Å². The standard InChI is InChI=1S/C12H9ClN4O/c1-18-11-6-9(2-3-10(11)13)16-12-8(7-14)4-5-15-17-12/h2-6H,1H3,(H,16,17). The van der Waals surface area contributed by atoms with Crippen molar-refractivity contribution in [3.8, 4) is 11.8 Å². The maximum Gasteiger partial charge on any atom is 0.171 e. The SMILES string of the molecule is COc1cc(Nc2nnccc2C#N)ccc1Cl. The van der Waals surface area contributed by atoms with E-state index in [1.807, 2.05) is 6.07 Å². The molecule has 0 unspecified atom stereocenters. The van der Waals surface area contributed by atoms with E-state index >= 15 is 0 Å². The highest BCUT2D eigenvalue weighted by molar-refractivity contribution is 6.32. The Morgan fingerprint density at radius 2 is 2.22 bits per heavy atom. The molecule has 0 amide bonds. The Labute approximate surface area is 109 Å². The summed E-state index contributed by atoms with van der Waals surface area (Å²) in [5, 5.41) is 20.0. The zero-order valence-corrected chi connectivity index (χ0v) is 10.3. The number of nitrogens with zero attached hydrogens (tertiary/aromatic N) is 3. The average Bonchev–Trinajstić information content (AvgIpc) is 2.41. The first kappa shape index (κ1) is 12.1. The van der Waals surface area contributed by atoms with Crippen molar-refractivity contribution in [2.45, 2.75) is 0 Å². The highest BCUT2D eigenvalue weighted by atomic mass is 35.5. The van der Waals surface area contributed by atoms with E-state index in [4.69, 9.17) is 21.6 Å². The number of halogens is 1.